The monoisotopic (exact) mass is 409 g/mol. The van der Waals surface area contributed by atoms with Gasteiger partial charge < -0.3 is 8.98 Å². The summed E-state index contributed by atoms with van der Waals surface area (Å²) in [6, 6.07) is 10.7. The maximum absolute atomic E-state index is 12.3. The van der Waals surface area contributed by atoms with Crippen LogP contribution in [0.1, 0.15) is 10.6 Å². The van der Waals surface area contributed by atoms with E-state index in [4.69, 9.17) is 4.42 Å². The second-order valence-corrected chi connectivity index (χ2v) is 6.28. The van der Waals surface area contributed by atoms with Crippen LogP contribution < -0.4 is 5.56 Å². The van der Waals surface area contributed by atoms with Gasteiger partial charge in [-0.3, -0.25) is 9.59 Å². The van der Waals surface area contributed by atoms with Crippen LogP contribution in [0.5, 0.6) is 0 Å². The standard InChI is InChI=1S/C15H9Br2NO3/c16-10-6-11(17)15(20)18(7-10)8-12(19)14-5-9-3-1-2-4-13(9)21-14/h1-7H,8H2. The molecule has 0 atom stereocenters. The van der Waals surface area contributed by atoms with Gasteiger partial charge in [-0.2, -0.15) is 0 Å². The Labute approximate surface area is 136 Å². The summed E-state index contributed by atoms with van der Waals surface area (Å²) in [4.78, 5) is 24.2. The maximum atomic E-state index is 12.3. The number of nitrogens with zero attached hydrogens (tertiary/aromatic N) is 1. The molecule has 21 heavy (non-hydrogen) atoms. The van der Waals surface area contributed by atoms with Crippen molar-refractivity contribution in [2.24, 2.45) is 0 Å². The van der Waals surface area contributed by atoms with E-state index in [1.54, 1.807) is 24.4 Å². The van der Waals surface area contributed by atoms with Crippen molar-refractivity contribution < 1.29 is 9.21 Å². The number of halogens is 2. The summed E-state index contributed by atoms with van der Waals surface area (Å²) in [7, 11) is 0. The molecule has 2 heterocycles. The zero-order valence-electron chi connectivity index (χ0n) is 10.7. The van der Waals surface area contributed by atoms with Gasteiger partial charge in [0.1, 0.15) is 5.58 Å². The van der Waals surface area contributed by atoms with Crippen LogP contribution in [-0.4, -0.2) is 10.4 Å². The van der Waals surface area contributed by atoms with Gasteiger partial charge >= 0.3 is 0 Å². The molecule has 6 heteroatoms. The van der Waals surface area contributed by atoms with Crippen molar-refractivity contribution in [3.8, 4) is 0 Å². The highest BCUT2D eigenvalue weighted by atomic mass is 79.9. The third-order valence-electron chi connectivity index (χ3n) is 3.02. The van der Waals surface area contributed by atoms with Crippen molar-refractivity contribution in [1.29, 1.82) is 0 Å². The van der Waals surface area contributed by atoms with Gasteiger partial charge in [0.2, 0.25) is 5.78 Å². The molecule has 3 aromatic rings. The van der Waals surface area contributed by atoms with Crippen molar-refractivity contribution in [3.63, 3.8) is 0 Å². The first-order chi connectivity index (χ1) is 10.0. The van der Waals surface area contributed by atoms with Crippen LogP contribution >= 0.6 is 31.9 Å². The quantitative estimate of drug-likeness (QED) is 0.613. The number of rotatable bonds is 3. The Bertz CT molecular complexity index is 862. The first kappa shape index (κ1) is 14.3. The number of carbonyl (C=O) groups excluding carboxylic acids is 1. The molecule has 0 aliphatic carbocycles. The molecule has 2 aromatic heterocycles. The normalized spacial score (nSPS) is 11.0. The molecule has 0 unspecified atom stereocenters. The van der Waals surface area contributed by atoms with Gasteiger partial charge in [-0.25, -0.2) is 0 Å². The number of hydrogen-bond acceptors (Lipinski definition) is 3. The average Bonchev–Trinajstić information content (AvgIpc) is 2.88. The van der Waals surface area contributed by atoms with Gasteiger partial charge in [-0.05, 0) is 50.1 Å². The fourth-order valence-corrected chi connectivity index (χ4v) is 3.29. The second-order valence-electron chi connectivity index (χ2n) is 4.51. The summed E-state index contributed by atoms with van der Waals surface area (Å²) in [6.45, 7) is -0.0727. The number of fused-ring (bicyclic) bond motifs is 1. The van der Waals surface area contributed by atoms with Crippen LogP contribution in [-0.2, 0) is 6.54 Å². The number of para-hydroxylation sites is 1. The molecule has 0 N–H and O–H groups in total. The van der Waals surface area contributed by atoms with E-state index in [-0.39, 0.29) is 23.6 Å². The van der Waals surface area contributed by atoms with E-state index in [1.165, 1.54) is 4.57 Å². The lowest BCUT2D eigenvalue weighted by atomic mass is 10.2. The van der Waals surface area contributed by atoms with Gasteiger partial charge in [0.25, 0.3) is 5.56 Å². The summed E-state index contributed by atoms with van der Waals surface area (Å²) in [5, 5.41) is 0.864. The Morgan fingerprint density at radius 2 is 1.95 bits per heavy atom. The zero-order chi connectivity index (χ0) is 15.0. The summed E-state index contributed by atoms with van der Waals surface area (Å²) < 4.78 is 7.96. The number of ketones is 1. The summed E-state index contributed by atoms with van der Waals surface area (Å²) in [6.07, 6.45) is 1.58. The lowest BCUT2D eigenvalue weighted by molar-refractivity contribution is 0.0945. The lowest BCUT2D eigenvalue weighted by Crippen LogP contribution is -2.24. The minimum absolute atomic E-state index is 0.0727. The third kappa shape index (κ3) is 2.87. The first-order valence-electron chi connectivity index (χ1n) is 6.12. The highest BCUT2D eigenvalue weighted by Crippen LogP contribution is 2.20. The summed E-state index contributed by atoms with van der Waals surface area (Å²) in [5.41, 5.74) is 0.395. The summed E-state index contributed by atoms with van der Waals surface area (Å²) in [5.74, 6) is -0.00232. The Morgan fingerprint density at radius 1 is 1.19 bits per heavy atom. The SMILES string of the molecule is O=C(Cn1cc(Br)cc(Br)c1=O)c1cc2ccccc2o1. The van der Waals surface area contributed by atoms with Crippen molar-refractivity contribution in [2.45, 2.75) is 6.54 Å². The predicted molar refractivity (Wildman–Crippen MR) is 86.6 cm³/mol. The van der Waals surface area contributed by atoms with Gasteiger partial charge in [-0.15, -0.1) is 0 Å². The van der Waals surface area contributed by atoms with Crippen LogP contribution in [0.4, 0.5) is 0 Å². The highest BCUT2D eigenvalue weighted by Gasteiger charge is 2.14. The molecule has 106 valence electrons. The highest BCUT2D eigenvalue weighted by molar-refractivity contribution is 9.11. The maximum Gasteiger partial charge on any atom is 0.265 e. The molecule has 4 nitrogen and oxygen atoms in total. The molecule has 1 aromatic carbocycles. The van der Waals surface area contributed by atoms with Gasteiger partial charge in [0.15, 0.2) is 5.76 Å². The van der Waals surface area contributed by atoms with Crippen molar-refractivity contribution in [3.05, 3.63) is 67.7 Å². The Morgan fingerprint density at radius 3 is 2.71 bits per heavy atom. The predicted octanol–water partition coefficient (Wildman–Crippen LogP) is 4.00. The number of furan rings is 1. The van der Waals surface area contributed by atoms with Crippen LogP contribution in [0.15, 0.2) is 60.8 Å². The molecule has 0 bridgehead atoms. The van der Waals surface area contributed by atoms with Crippen LogP contribution in [0.3, 0.4) is 0 Å². The topological polar surface area (TPSA) is 52.2 Å². The first-order valence-corrected chi connectivity index (χ1v) is 7.70. The van der Waals surface area contributed by atoms with E-state index in [9.17, 15) is 9.59 Å². The van der Waals surface area contributed by atoms with Gasteiger partial charge in [0, 0.05) is 16.1 Å². The molecule has 0 saturated carbocycles. The Hall–Kier alpha value is -1.66. The number of Topliss-reactive ketones (excluding diaryl/α,β-unsaturated/α-hetero) is 1. The lowest BCUT2D eigenvalue weighted by Gasteiger charge is -2.05. The van der Waals surface area contributed by atoms with E-state index >= 15 is 0 Å². The minimum atomic E-state index is -0.261. The number of benzene rings is 1. The van der Waals surface area contributed by atoms with Crippen molar-refractivity contribution in [1.82, 2.24) is 4.57 Å². The molecule has 0 aliphatic rings. The van der Waals surface area contributed by atoms with Gasteiger partial charge in [0.05, 0.1) is 11.0 Å². The molecule has 0 spiro atoms. The molecule has 0 radical (unpaired) electrons. The number of hydrogen-bond donors (Lipinski definition) is 0. The Balaban J connectivity index is 1.95. The fourth-order valence-electron chi connectivity index (χ4n) is 2.03. The smallest absolute Gasteiger partial charge is 0.265 e. The number of pyridine rings is 1. The minimum Gasteiger partial charge on any atom is -0.453 e. The van der Waals surface area contributed by atoms with Crippen molar-refractivity contribution in [2.75, 3.05) is 0 Å². The van der Waals surface area contributed by atoms with E-state index in [2.05, 4.69) is 31.9 Å². The Kier molecular flexibility index (Phi) is 3.82. The third-order valence-corrected chi connectivity index (χ3v) is 4.03. The number of aromatic nitrogens is 1. The van der Waals surface area contributed by atoms with E-state index in [0.29, 0.717) is 14.5 Å². The molecular formula is C15H9Br2NO3. The molecule has 3 rings (SSSR count). The molecular weight excluding hydrogens is 402 g/mol. The van der Waals surface area contributed by atoms with Gasteiger partial charge in [-0.1, -0.05) is 18.2 Å². The average molecular weight is 411 g/mol. The van der Waals surface area contributed by atoms with Crippen molar-refractivity contribution >= 4 is 48.6 Å². The summed E-state index contributed by atoms with van der Waals surface area (Å²) >= 11 is 6.47. The molecule has 0 fully saturated rings. The van der Waals surface area contributed by atoms with E-state index < -0.39 is 0 Å². The molecule has 0 amide bonds. The van der Waals surface area contributed by atoms with Crippen LogP contribution in [0.25, 0.3) is 11.0 Å². The van der Waals surface area contributed by atoms with Crippen LogP contribution in [0.2, 0.25) is 0 Å². The second kappa shape index (κ2) is 5.61. The van der Waals surface area contributed by atoms with Crippen LogP contribution in [0, 0.1) is 0 Å². The largest absolute Gasteiger partial charge is 0.453 e. The molecule has 0 aliphatic heterocycles. The fraction of sp³-hybridized carbons (Fsp3) is 0.0667. The van der Waals surface area contributed by atoms with E-state index in [0.717, 1.165) is 5.39 Å². The molecule has 0 saturated heterocycles. The number of carbonyl (C=O) groups is 1. The zero-order valence-corrected chi connectivity index (χ0v) is 13.8. The van der Waals surface area contributed by atoms with E-state index in [1.807, 2.05) is 18.2 Å².